The summed E-state index contributed by atoms with van der Waals surface area (Å²) in [7, 11) is 1.66. The summed E-state index contributed by atoms with van der Waals surface area (Å²) in [4.78, 5) is 0. The third-order valence-corrected chi connectivity index (χ3v) is 3.29. The van der Waals surface area contributed by atoms with Gasteiger partial charge in [0, 0.05) is 18.6 Å². The predicted molar refractivity (Wildman–Crippen MR) is 80.3 cm³/mol. The molecule has 1 unspecified atom stereocenters. The third-order valence-electron chi connectivity index (χ3n) is 3.29. The molecule has 4 heteroatoms. The standard InChI is InChI=1S/C16H23NO3/c1-4-19-10-6-9-17-12(2)15-11-13-7-5-8-14(18-3)16(13)20-15/h5,7-8,11-12,17H,4,6,9-10H2,1-3H3. The van der Waals surface area contributed by atoms with E-state index in [1.165, 1.54) is 0 Å². The molecule has 0 bridgehead atoms. The van der Waals surface area contributed by atoms with Crippen molar-refractivity contribution in [2.45, 2.75) is 26.3 Å². The summed E-state index contributed by atoms with van der Waals surface area (Å²) in [5.74, 6) is 1.71. The van der Waals surface area contributed by atoms with Gasteiger partial charge < -0.3 is 19.2 Å². The second kappa shape index (κ2) is 7.31. The quantitative estimate of drug-likeness (QED) is 0.750. The lowest BCUT2D eigenvalue weighted by Crippen LogP contribution is -2.20. The van der Waals surface area contributed by atoms with Gasteiger partial charge in [-0.3, -0.25) is 0 Å². The van der Waals surface area contributed by atoms with E-state index in [2.05, 4.69) is 18.3 Å². The Morgan fingerprint density at radius 1 is 1.35 bits per heavy atom. The van der Waals surface area contributed by atoms with Gasteiger partial charge in [-0.2, -0.15) is 0 Å². The van der Waals surface area contributed by atoms with E-state index in [1.54, 1.807) is 7.11 Å². The Bertz CT molecular complexity index is 536. The average Bonchev–Trinajstić information content (AvgIpc) is 2.90. The summed E-state index contributed by atoms with van der Waals surface area (Å²) in [6.45, 7) is 6.60. The van der Waals surface area contributed by atoms with Gasteiger partial charge >= 0.3 is 0 Å². The summed E-state index contributed by atoms with van der Waals surface area (Å²) in [6, 6.07) is 8.16. The smallest absolute Gasteiger partial charge is 0.176 e. The fourth-order valence-corrected chi connectivity index (χ4v) is 2.17. The molecule has 110 valence electrons. The Hall–Kier alpha value is -1.52. The van der Waals surface area contributed by atoms with E-state index in [-0.39, 0.29) is 6.04 Å². The molecule has 1 aromatic carbocycles. The highest BCUT2D eigenvalue weighted by Gasteiger charge is 2.13. The van der Waals surface area contributed by atoms with Crippen LogP contribution in [-0.2, 0) is 4.74 Å². The van der Waals surface area contributed by atoms with Crippen LogP contribution < -0.4 is 10.1 Å². The zero-order valence-electron chi connectivity index (χ0n) is 12.4. The number of methoxy groups -OCH3 is 1. The van der Waals surface area contributed by atoms with Crippen molar-refractivity contribution >= 4 is 11.0 Å². The molecule has 1 aromatic heterocycles. The maximum atomic E-state index is 5.91. The number of fused-ring (bicyclic) bond motifs is 1. The lowest BCUT2D eigenvalue weighted by molar-refractivity contribution is 0.144. The van der Waals surface area contributed by atoms with E-state index in [0.717, 1.165) is 48.7 Å². The number of hydrogen-bond donors (Lipinski definition) is 1. The predicted octanol–water partition coefficient (Wildman–Crippen LogP) is 3.52. The monoisotopic (exact) mass is 277 g/mol. The minimum Gasteiger partial charge on any atom is -0.493 e. The Morgan fingerprint density at radius 3 is 2.95 bits per heavy atom. The second-order valence-electron chi connectivity index (χ2n) is 4.75. The third kappa shape index (κ3) is 3.52. The van der Waals surface area contributed by atoms with Gasteiger partial charge in [0.1, 0.15) is 5.76 Å². The summed E-state index contributed by atoms with van der Waals surface area (Å²) < 4.78 is 16.5. The van der Waals surface area contributed by atoms with Crippen molar-refractivity contribution in [2.24, 2.45) is 0 Å². The van der Waals surface area contributed by atoms with Gasteiger partial charge in [0.2, 0.25) is 0 Å². The van der Waals surface area contributed by atoms with Crippen LogP contribution in [0.4, 0.5) is 0 Å². The van der Waals surface area contributed by atoms with Gasteiger partial charge in [0.25, 0.3) is 0 Å². The summed E-state index contributed by atoms with van der Waals surface area (Å²) in [6.07, 6.45) is 1.00. The molecule has 0 saturated carbocycles. The Labute approximate surface area is 120 Å². The van der Waals surface area contributed by atoms with E-state index in [4.69, 9.17) is 13.9 Å². The van der Waals surface area contributed by atoms with E-state index in [0.29, 0.717) is 0 Å². The first-order chi connectivity index (χ1) is 9.76. The molecule has 1 heterocycles. The molecular formula is C16H23NO3. The molecule has 0 aliphatic carbocycles. The number of hydrogen-bond acceptors (Lipinski definition) is 4. The van der Waals surface area contributed by atoms with Gasteiger partial charge in [-0.25, -0.2) is 0 Å². The first kappa shape index (κ1) is 14.9. The normalized spacial score (nSPS) is 12.8. The molecule has 2 rings (SSSR count). The van der Waals surface area contributed by atoms with Crippen molar-refractivity contribution in [1.29, 1.82) is 0 Å². The number of ether oxygens (including phenoxy) is 2. The maximum absolute atomic E-state index is 5.91. The molecule has 0 spiro atoms. The first-order valence-corrected chi connectivity index (χ1v) is 7.13. The summed E-state index contributed by atoms with van der Waals surface area (Å²) >= 11 is 0. The van der Waals surface area contributed by atoms with Crippen LogP contribution in [0.3, 0.4) is 0 Å². The highest BCUT2D eigenvalue weighted by molar-refractivity contribution is 5.83. The van der Waals surface area contributed by atoms with Crippen LogP contribution in [0, 0.1) is 0 Å². The molecular weight excluding hydrogens is 254 g/mol. The number of furan rings is 1. The van der Waals surface area contributed by atoms with E-state index >= 15 is 0 Å². The van der Waals surface area contributed by atoms with Crippen LogP contribution in [0.2, 0.25) is 0 Å². The fourth-order valence-electron chi connectivity index (χ4n) is 2.17. The SMILES string of the molecule is CCOCCCNC(C)c1cc2cccc(OC)c2o1. The molecule has 4 nitrogen and oxygen atoms in total. The van der Waals surface area contributed by atoms with Crippen molar-refractivity contribution in [2.75, 3.05) is 26.9 Å². The zero-order valence-corrected chi connectivity index (χ0v) is 12.4. The Morgan fingerprint density at radius 2 is 2.20 bits per heavy atom. The number of rotatable bonds is 8. The van der Waals surface area contributed by atoms with Crippen LogP contribution in [0.1, 0.15) is 32.1 Å². The van der Waals surface area contributed by atoms with Gasteiger partial charge in [-0.05, 0) is 38.9 Å². The van der Waals surface area contributed by atoms with E-state index < -0.39 is 0 Å². The maximum Gasteiger partial charge on any atom is 0.176 e. The average molecular weight is 277 g/mol. The summed E-state index contributed by atoms with van der Waals surface area (Å²) in [5, 5.41) is 4.51. The highest BCUT2D eigenvalue weighted by Crippen LogP contribution is 2.30. The molecule has 20 heavy (non-hydrogen) atoms. The molecule has 0 radical (unpaired) electrons. The van der Waals surface area contributed by atoms with Gasteiger partial charge in [0.05, 0.1) is 13.2 Å². The van der Waals surface area contributed by atoms with Crippen LogP contribution >= 0.6 is 0 Å². The molecule has 0 aliphatic rings. The minimum atomic E-state index is 0.175. The second-order valence-corrected chi connectivity index (χ2v) is 4.75. The Balaban J connectivity index is 1.98. The number of benzene rings is 1. The molecule has 0 saturated heterocycles. The topological polar surface area (TPSA) is 43.6 Å². The lowest BCUT2D eigenvalue weighted by Gasteiger charge is -2.10. The summed E-state index contributed by atoms with van der Waals surface area (Å²) in [5.41, 5.74) is 0.813. The Kier molecular flexibility index (Phi) is 5.44. The van der Waals surface area contributed by atoms with Crippen molar-refractivity contribution in [3.8, 4) is 5.75 Å². The van der Waals surface area contributed by atoms with Crippen LogP contribution in [0.15, 0.2) is 28.7 Å². The van der Waals surface area contributed by atoms with Crippen molar-refractivity contribution in [3.63, 3.8) is 0 Å². The lowest BCUT2D eigenvalue weighted by atomic mass is 10.2. The minimum absolute atomic E-state index is 0.175. The molecule has 2 aromatic rings. The van der Waals surface area contributed by atoms with Crippen molar-refractivity contribution in [1.82, 2.24) is 5.32 Å². The van der Waals surface area contributed by atoms with E-state index in [9.17, 15) is 0 Å². The molecule has 1 N–H and O–H groups in total. The zero-order chi connectivity index (χ0) is 14.4. The van der Waals surface area contributed by atoms with Gasteiger partial charge in [-0.15, -0.1) is 0 Å². The number of nitrogens with one attached hydrogen (secondary N) is 1. The largest absolute Gasteiger partial charge is 0.493 e. The molecule has 0 aliphatic heterocycles. The highest BCUT2D eigenvalue weighted by atomic mass is 16.5. The fraction of sp³-hybridized carbons (Fsp3) is 0.500. The van der Waals surface area contributed by atoms with Crippen molar-refractivity contribution in [3.05, 3.63) is 30.0 Å². The van der Waals surface area contributed by atoms with Crippen molar-refractivity contribution < 1.29 is 13.9 Å². The van der Waals surface area contributed by atoms with Crippen LogP contribution in [0.25, 0.3) is 11.0 Å². The molecule has 0 amide bonds. The number of para-hydroxylation sites is 1. The van der Waals surface area contributed by atoms with Gasteiger partial charge in [0.15, 0.2) is 11.3 Å². The molecule has 0 fully saturated rings. The van der Waals surface area contributed by atoms with E-state index in [1.807, 2.05) is 25.1 Å². The van der Waals surface area contributed by atoms with Crippen LogP contribution in [0.5, 0.6) is 5.75 Å². The van der Waals surface area contributed by atoms with Gasteiger partial charge in [-0.1, -0.05) is 12.1 Å². The van der Waals surface area contributed by atoms with Crippen LogP contribution in [-0.4, -0.2) is 26.9 Å². The first-order valence-electron chi connectivity index (χ1n) is 7.13. The molecule has 1 atom stereocenters.